The Morgan fingerprint density at radius 2 is 0.846 bits per heavy atom. The molecule has 65 heavy (non-hydrogen) atoms. The lowest BCUT2D eigenvalue weighted by Gasteiger charge is -2.45. The van der Waals surface area contributed by atoms with E-state index >= 15 is 0 Å². The highest BCUT2D eigenvalue weighted by molar-refractivity contribution is 7.00. The maximum absolute atomic E-state index is 6.38. The van der Waals surface area contributed by atoms with Gasteiger partial charge in [0.15, 0.2) is 23.0 Å². The average molecular weight is 857 g/mol. The zero-order chi connectivity index (χ0) is 45.0. The largest absolute Gasteiger partial charge is 0.486 e. The summed E-state index contributed by atoms with van der Waals surface area (Å²) in [6.45, 7) is 22.5. The molecule has 0 N–H and O–H groups in total. The number of ether oxygens (including phenoxy) is 4. The molecule has 7 aromatic rings. The number of hydrogen-bond donors (Lipinski definition) is 0. The Hall–Kier alpha value is -6.60. The maximum atomic E-state index is 6.38. The number of fused-ring (bicyclic) bond motifs is 6. The fraction of sp³-hybridized carbons (Fsp3) is 0.276. The highest BCUT2D eigenvalue weighted by atomic mass is 16.6. The van der Waals surface area contributed by atoms with Crippen LogP contribution in [-0.2, 0) is 16.2 Å². The highest BCUT2D eigenvalue weighted by Gasteiger charge is 2.45. The maximum Gasteiger partial charge on any atom is 0.252 e. The Balaban J connectivity index is 1.19. The molecule has 0 fully saturated rings. The van der Waals surface area contributed by atoms with Gasteiger partial charge in [0.25, 0.3) is 6.71 Å². The van der Waals surface area contributed by atoms with Gasteiger partial charge >= 0.3 is 0 Å². The summed E-state index contributed by atoms with van der Waals surface area (Å²) in [6, 6.07) is 50.1. The Bertz CT molecular complexity index is 3010. The summed E-state index contributed by atoms with van der Waals surface area (Å²) in [6.07, 6.45) is 0. The van der Waals surface area contributed by atoms with Gasteiger partial charge in [-0.15, -0.1) is 0 Å². The van der Waals surface area contributed by atoms with E-state index in [0.29, 0.717) is 26.4 Å². The van der Waals surface area contributed by atoms with E-state index in [1.807, 2.05) is 6.07 Å². The van der Waals surface area contributed by atoms with E-state index in [-0.39, 0.29) is 23.0 Å². The van der Waals surface area contributed by atoms with Crippen LogP contribution in [0.1, 0.15) is 79.0 Å². The molecule has 0 saturated heterocycles. The Labute approximate surface area is 384 Å². The molecule has 7 aromatic carbocycles. The van der Waals surface area contributed by atoms with Gasteiger partial charge < -0.3 is 28.7 Å². The first-order valence-corrected chi connectivity index (χ1v) is 23.2. The molecule has 0 radical (unpaired) electrons. The molecule has 0 aromatic heterocycles. The molecule has 7 heteroatoms. The first-order chi connectivity index (χ1) is 31.1. The average Bonchev–Trinajstić information content (AvgIpc) is 3.29. The van der Waals surface area contributed by atoms with Crippen molar-refractivity contribution < 1.29 is 18.9 Å². The minimum absolute atomic E-state index is 0.0611. The van der Waals surface area contributed by atoms with Crippen LogP contribution in [0.4, 0.5) is 34.1 Å². The highest BCUT2D eigenvalue weighted by Crippen LogP contribution is 2.50. The van der Waals surface area contributed by atoms with E-state index < -0.39 is 0 Å². The summed E-state index contributed by atoms with van der Waals surface area (Å²) < 4.78 is 25.0. The van der Waals surface area contributed by atoms with Crippen LogP contribution in [0.25, 0.3) is 22.3 Å². The van der Waals surface area contributed by atoms with Crippen LogP contribution in [0, 0.1) is 0 Å². The van der Waals surface area contributed by atoms with Crippen molar-refractivity contribution in [2.24, 2.45) is 0 Å². The summed E-state index contributed by atoms with van der Waals surface area (Å²) in [7, 11) is 0. The van der Waals surface area contributed by atoms with E-state index in [1.165, 1.54) is 49.9 Å². The van der Waals surface area contributed by atoms with Gasteiger partial charge in [-0.2, -0.15) is 0 Å². The van der Waals surface area contributed by atoms with Crippen LogP contribution in [0.5, 0.6) is 23.0 Å². The number of benzene rings is 7. The van der Waals surface area contributed by atoms with Gasteiger partial charge in [-0.05, 0) is 120 Å². The minimum Gasteiger partial charge on any atom is -0.486 e. The van der Waals surface area contributed by atoms with Gasteiger partial charge in [-0.25, -0.2) is 0 Å². The van der Waals surface area contributed by atoms with Gasteiger partial charge in [-0.3, -0.25) is 0 Å². The summed E-state index contributed by atoms with van der Waals surface area (Å²) in [4.78, 5) is 4.95. The molecule has 6 nitrogen and oxygen atoms in total. The van der Waals surface area contributed by atoms with Gasteiger partial charge in [0.2, 0.25) is 0 Å². The molecule has 0 bridgehead atoms. The van der Waals surface area contributed by atoms with Crippen LogP contribution in [0.15, 0.2) is 133 Å². The van der Waals surface area contributed by atoms with Crippen molar-refractivity contribution >= 4 is 57.2 Å². The lowest BCUT2D eigenvalue weighted by Crippen LogP contribution is -2.61. The van der Waals surface area contributed by atoms with Gasteiger partial charge in [0, 0.05) is 40.6 Å². The summed E-state index contributed by atoms with van der Waals surface area (Å²) in [5.74, 6) is 3.04. The second-order valence-electron chi connectivity index (χ2n) is 21.1. The first kappa shape index (κ1) is 41.1. The van der Waals surface area contributed by atoms with Crippen molar-refractivity contribution in [2.75, 3.05) is 36.2 Å². The molecule has 4 aliphatic rings. The zero-order valence-corrected chi connectivity index (χ0v) is 39.1. The molecule has 326 valence electrons. The second kappa shape index (κ2) is 15.0. The van der Waals surface area contributed by atoms with E-state index in [1.54, 1.807) is 0 Å². The van der Waals surface area contributed by atoms with Crippen molar-refractivity contribution in [2.45, 2.75) is 78.6 Å². The third-order valence-electron chi connectivity index (χ3n) is 13.7. The molecular formula is C58H57BN2O4. The third kappa shape index (κ3) is 7.11. The first-order valence-electron chi connectivity index (χ1n) is 23.2. The Kier molecular flexibility index (Phi) is 9.48. The quantitative estimate of drug-likeness (QED) is 0.164. The SMILES string of the molecule is CC(C)(C)c1ccc(-c2cccc(N3c4cc(-c5ccc(C(C)(C)C)cc5)ccc4B4c5cc6c(cc5N(c5ccc7c(c5)OCCO7)c5cc(C(C)(C)C)cc3c54)OCCO6)c2)cc1. The predicted molar refractivity (Wildman–Crippen MR) is 269 cm³/mol. The van der Waals surface area contributed by atoms with E-state index in [4.69, 9.17) is 18.9 Å². The van der Waals surface area contributed by atoms with E-state index in [0.717, 1.165) is 62.6 Å². The van der Waals surface area contributed by atoms with Gasteiger partial charge in [-0.1, -0.05) is 135 Å². The molecule has 0 atom stereocenters. The number of hydrogen-bond acceptors (Lipinski definition) is 6. The van der Waals surface area contributed by atoms with Crippen molar-refractivity contribution in [1.82, 2.24) is 0 Å². The number of anilines is 6. The summed E-state index contributed by atoms with van der Waals surface area (Å²) in [5, 5.41) is 0. The van der Waals surface area contributed by atoms with Crippen LogP contribution < -0.4 is 45.1 Å². The van der Waals surface area contributed by atoms with E-state index in [9.17, 15) is 0 Å². The molecule has 4 aliphatic heterocycles. The molecule has 4 heterocycles. The Morgan fingerprint density at radius 1 is 0.369 bits per heavy atom. The summed E-state index contributed by atoms with van der Waals surface area (Å²) in [5.41, 5.74) is 18.8. The van der Waals surface area contributed by atoms with Gasteiger partial charge in [0.1, 0.15) is 26.4 Å². The predicted octanol–water partition coefficient (Wildman–Crippen LogP) is 12.5. The standard InChI is InChI=1S/C58H57BN2O4/c1-56(2,3)40-18-13-36(14-19-40)38-11-10-12-43(29-38)60-47-30-39(37-15-20-41(21-16-37)57(4,5)6)17-23-45(47)59-46-34-53-54(65-28-27-64-53)35-48(46)61(44-22-24-51-52(33-44)63-26-25-62-51)50-32-42(58(7,8)9)31-49(60)55(50)59/h10-24,29-35H,25-28H2,1-9H3. The third-order valence-corrected chi connectivity index (χ3v) is 13.7. The molecular weight excluding hydrogens is 799 g/mol. The van der Waals surface area contributed by atoms with Crippen LogP contribution >= 0.6 is 0 Å². The lowest BCUT2D eigenvalue weighted by molar-refractivity contribution is 0.171. The van der Waals surface area contributed by atoms with Crippen LogP contribution in [0.3, 0.4) is 0 Å². The van der Waals surface area contributed by atoms with Crippen molar-refractivity contribution in [3.05, 3.63) is 150 Å². The van der Waals surface area contributed by atoms with Crippen LogP contribution in [-0.4, -0.2) is 33.1 Å². The number of rotatable bonds is 4. The zero-order valence-electron chi connectivity index (χ0n) is 39.1. The number of nitrogens with zero attached hydrogens (tertiary/aromatic N) is 2. The second-order valence-corrected chi connectivity index (χ2v) is 21.1. The van der Waals surface area contributed by atoms with Crippen molar-refractivity contribution in [1.29, 1.82) is 0 Å². The molecule has 11 rings (SSSR count). The minimum atomic E-state index is -0.175. The fourth-order valence-corrected chi connectivity index (χ4v) is 10.0. The lowest BCUT2D eigenvalue weighted by atomic mass is 9.33. The van der Waals surface area contributed by atoms with Crippen molar-refractivity contribution in [3.8, 4) is 45.3 Å². The molecule has 0 unspecified atom stereocenters. The fourth-order valence-electron chi connectivity index (χ4n) is 10.0. The molecule has 0 spiro atoms. The van der Waals surface area contributed by atoms with E-state index in [2.05, 4.69) is 200 Å². The van der Waals surface area contributed by atoms with Crippen molar-refractivity contribution in [3.63, 3.8) is 0 Å². The molecule has 0 amide bonds. The topological polar surface area (TPSA) is 43.4 Å². The molecule has 0 saturated carbocycles. The molecule has 0 aliphatic carbocycles. The smallest absolute Gasteiger partial charge is 0.252 e. The van der Waals surface area contributed by atoms with Gasteiger partial charge in [0.05, 0.1) is 5.69 Å². The monoisotopic (exact) mass is 856 g/mol. The normalized spacial score (nSPS) is 15.0. The summed E-state index contributed by atoms with van der Waals surface area (Å²) >= 11 is 0. The Morgan fingerprint density at radius 3 is 1.42 bits per heavy atom. The van der Waals surface area contributed by atoms with Crippen LogP contribution in [0.2, 0.25) is 0 Å².